The Hall–Kier alpha value is -0.460. The van der Waals surface area contributed by atoms with E-state index in [4.69, 9.17) is 5.73 Å². The number of nitrogens with zero attached hydrogens (tertiary/aromatic N) is 2. The fourth-order valence-electron chi connectivity index (χ4n) is 1.59. The Morgan fingerprint density at radius 1 is 1.33 bits per heavy atom. The molecule has 0 aliphatic rings. The largest absolute Gasteiger partial charge is 0.383 e. The van der Waals surface area contributed by atoms with Crippen molar-refractivity contribution in [3.8, 4) is 11.4 Å². The van der Waals surface area contributed by atoms with Gasteiger partial charge in [-0.25, -0.2) is 9.97 Å². The zero-order chi connectivity index (χ0) is 13.3. The average molecular weight is 391 g/mol. The third kappa shape index (κ3) is 3.10. The van der Waals surface area contributed by atoms with Crippen LogP contribution in [0.1, 0.15) is 19.5 Å². The number of anilines is 1. The minimum absolute atomic E-state index is 0.498. The van der Waals surface area contributed by atoms with E-state index in [1.165, 1.54) is 0 Å². The first-order valence-corrected chi connectivity index (χ1v) is 8.00. The Morgan fingerprint density at radius 2 is 2.06 bits per heavy atom. The molecule has 18 heavy (non-hydrogen) atoms. The van der Waals surface area contributed by atoms with Gasteiger partial charge in [-0.1, -0.05) is 13.8 Å². The van der Waals surface area contributed by atoms with Crippen LogP contribution in [0.25, 0.3) is 11.4 Å². The first-order chi connectivity index (χ1) is 8.47. The van der Waals surface area contributed by atoms with Gasteiger partial charge in [-0.05, 0) is 50.3 Å². The van der Waals surface area contributed by atoms with Crippen LogP contribution in [0.5, 0.6) is 0 Å². The van der Waals surface area contributed by atoms with Gasteiger partial charge >= 0.3 is 0 Å². The summed E-state index contributed by atoms with van der Waals surface area (Å²) >= 11 is 8.52. The third-order valence-electron chi connectivity index (χ3n) is 2.37. The molecule has 2 rings (SSSR count). The number of aromatic nitrogens is 2. The quantitative estimate of drug-likeness (QED) is 0.838. The van der Waals surface area contributed by atoms with Crippen molar-refractivity contribution in [3.05, 3.63) is 25.4 Å². The topological polar surface area (TPSA) is 51.8 Å². The summed E-state index contributed by atoms with van der Waals surface area (Å²) in [6.07, 6.45) is 0.881. The van der Waals surface area contributed by atoms with Gasteiger partial charge in [0.15, 0.2) is 5.82 Å². The Labute approximate surface area is 127 Å². The number of nitrogens with two attached hydrogens (primary N) is 1. The molecule has 0 aliphatic heterocycles. The highest BCUT2D eigenvalue weighted by Gasteiger charge is 2.13. The van der Waals surface area contributed by atoms with Crippen molar-refractivity contribution in [1.82, 2.24) is 9.97 Å². The summed E-state index contributed by atoms with van der Waals surface area (Å²) < 4.78 is 1.88. The summed E-state index contributed by atoms with van der Waals surface area (Å²) in [5.41, 5.74) is 7.90. The maximum Gasteiger partial charge on any atom is 0.162 e. The summed E-state index contributed by atoms with van der Waals surface area (Å²) in [5.74, 6) is 1.71. The fourth-order valence-corrected chi connectivity index (χ4v) is 3.07. The first-order valence-electron chi connectivity index (χ1n) is 5.53. The molecule has 2 aromatic rings. The van der Waals surface area contributed by atoms with Crippen LogP contribution in [0.4, 0.5) is 5.82 Å². The van der Waals surface area contributed by atoms with Crippen LogP contribution in [0.2, 0.25) is 0 Å². The summed E-state index contributed by atoms with van der Waals surface area (Å²) in [4.78, 5) is 8.93. The van der Waals surface area contributed by atoms with Gasteiger partial charge in [-0.2, -0.15) is 0 Å². The van der Waals surface area contributed by atoms with Gasteiger partial charge in [0.2, 0.25) is 0 Å². The number of rotatable bonds is 3. The number of thiophene rings is 1. The molecule has 0 spiro atoms. The van der Waals surface area contributed by atoms with Crippen LogP contribution in [-0.2, 0) is 6.42 Å². The van der Waals surface area contributed by atoms with Gasteiger partial charge in [0.05, 0.1) is 14.0 Å². The maximum absolute atomic E-state index is 5.94. The Morgan fingerprint density at radius 3 is 2.61 bits per heavy atom. The van der Waals surface area contributed by atoms with Crippen molar-refractivity contribution in [3.63, 3.8) is 0 Å². The molecule has 0 amide bonds. The van der Waals surface area contributed by atoms with E-state index in [-0.39, 0.29) is 0 Å². The monoisotopic (exact) mass is 389 g/mol. The molecule has 2 heterocycles. The van der Waals surface area contributed by atoms with E-state index in [2.05, 4.69) is 55.7 Å². The highest BCUT2D eigenvalue weighted by molar-refractivity contribution is 9.11. The Kier molecular flexibility index (Phi) is 4.40. The lowest BCUT2D eigenvalue weighted by Crippen LogP contribution is -2.05. The second-order valence-electron chi connectivity index (χ2n) is 4.43. The van der Waals surface area contributed by atoms with Crippen molar-refractivity contribution in [2.45, 2.75) is 20.3 Å². The van der Waals surface area contributed by atoms with E-state index < -0.39 is 0 Å². The number of halogens is 2. The van der Waals surface area contributed by atoms with Crippen LogP contribution < -0.4 is 5.73 Å². The third-order valence-corrected chi connectivity index (χ3v) is 4.74. The molecule has 0 saturated heterocycles. The molecule has 2 aromatic heterocycles. The zero-order valence-corrected chi connectivity index (χ0v) is 14.1. The molecule has 6 heteroatoms. The van der Waals surface area contributed by atoms with Gasteiger partial charge in [0.25, 0.3) is 0 Å². The van der Waals surface area contributed by atoms with Crippen LogP contribution in [-0.4, -0.2) is 9.97 Å². The molecule has 0 atom stereocenters. The Bertz CT molecular complexity index is 566. The molecule has 2 N–H and O–H groups in total. The summed E-state index contributed by atoms with van der Waals surface area (Å²) in [5, 5.41) is 2.02. The number of hydrogen-bond acceptors (Lipinski definition) is 4. The molecule has 3 nitrogen and oxygen atoms in total. The molecule has 0 fully saturated rings. The molecule has 0 saturated carbocycles. The Balaban J connectivity index is 2.46. The summed E-state index contributed by atoms with van der Waals surface area (Å²) in [6, 6.07) is 2.01. The molecule has 0 aliphatic carbocycles. The highest BCUT2D eigenvalue weighted by atomic mass is 79.9. The van der Waals surface area contributed by atoms with E-state index >= 15 is 0 Å². The van der Waals surface area contributed by atoms with Crippen molar-refractivity contribution >= 4 is 49.0 Å². The number of hydrogen-bond donors (Lipinski definition) is 1. The first kappa shape index (κ1) is 14.0. The van der Waals surface area contributed by atoms with Crippen molar-refractivity contribution < 1.29 is 0 Å². The van der Waals surface area contributed by atoms with E-state index in [9.17, 15) is 0 Å². The lowest BCUT2D eigenvalue weighted by atomic mass is 10.1. The maximum atomic E-state index is 5.94. The van der Waals surface area contributed by atoms with E-state index in [0.717, 1.165) is 25.9 Å². The molecular formula is C12H13Br2N3S. The van der Waals surface area contributed by atoms with Crippen molar-refractivity contribution in [1.29, 1.82) is 0 Å². The zero-order valence-electron chi connectivity index (χ0n) is 10.1. The molecule has 0 aromatic carbocycles. The molecule has 0 unspecified atom stereocenters. The van der Waals surface area contributed by atoms with Crippen molar-refractivity contribution in [2.75, 3.05) is 5.73 Å². The van der Waals surface area contributed by atoms with Crippen LogP contribution in [0.15, 0.2) is 19.7 Å². The lowest BCUT2D eigenvalue weighted by molar-refractivity contribution is 0.633. The van der Waals surface area contributed by atoms with Crippen LogP contribution in [0, 0.1) is 5.92 Å². The lowest BCUT2D eigenvalue weighted by Gasteiger charge is -2.10. The van der Waals surface area contributed by atoms with Gasteiger partial charge in [0, 0.05) is 10.9 Å². The minimum Gasteiger partial charge on any atom is -0.383 e. The summed E-state index contributed by atoms with van der Waals surface area (Å²) in [7, 11) is 0. The van der Waals surface area contributed by atoms with Gasteiger partial charge in [-0.3, -0.25) is 0 Å². The average Bonchev–Trinajstić information content (AvgIpc) is 2.70. The number of nitrogen functional groups attached to an aromatic ring is 1. The molecule has 0 bridgehead atoms. The van der Waals surface area contributed by atoms with Crippen LogP contribution >= 0.6 is 43.2 Å². The SMILES string of the molecule is CC(C)Cc1nc(-c2csc(Br)c2)nc(N)c1Br. The van der Waals surface area contributed by atoms with Gasteiger partial charge < -0.3 is 5.73 Å². The van der Waals surface area contributed by atoms with E-state index in [1.54, 1.807) is 11.3 Å². The highest BCUT2D eigenvalue weighted by Crippen LogP contribution is 2.30. The fraction of sp³-hybridized carbons (Fsp3) is 0.333. The van der Waals surface area contributed by atoms with E-state index in [1.807, 2.05) is 11.4 Å². The second-order valence-corrected chi connectivity index (χ2v) is 7.51. The smallest absolute Gasteiger partial charge is 0.162 e. The van der Waals surface area contributed by atoms with Gasteiger partial charge in [-0.15, -0.1) is 11.3 Å². The predicted molar refractivity (Wildman–Crippen MR) is 83.7 cm³/mol. The molecule has 0 radical (unpaired) electrons. The van der Waals surface area contributed by atoms with E-state index in [0.29, 0.717) is 17.6 Å². The molecular weight excluding hydrogens is 378 g/mol. The van der Waals surface area contributed by atoms with Crippen molar-refractivity contribution in [2.24, 2.45) is 5.92 Å². The molecule has 96 valence electrons. The predicted octanol–water partition coefficient (Wildman–Crippen LogP) is 4.51. The second kappa shape index (κ2) is 5.67. The van der Waals surface area contributed by atoms with Crippen LogP contribution in [0.3, 0.4) is 0 Å². The summed E-state index contributed by atoms with van der Waals surface area (Å²) in [6.45, 7) is 4.32. The van der Waals surface area contributed by atoms with Gasteiger partial charge in [0.1, 0.15) is 5.82 Å². The minimum atomic E-state index is 0.498. The standard InChI is InChI=1S/C12H13Br2N3S/c1-6(2)3-8-10(14)11(15)17-12(16-8)7-4-9(13)18-5-7/h4-6H,3H2,1-2H3,(H2,15,16,17). The normalized spacial score (nSPS) is 11.2.